The number of anilines is 1. The molecular weight excluding hydrogens is 290 g/mol. The number of rotatable bonds is 2. The highest BCUT2D eigenvalue weighted by Crippen LogP contribution is 2.27. The monoisotopic (exact) mass is 307 g/mol. The average Bonchev–Trinajstić information content (AvgIpc) is 2.38. The normalized spacial score (nSPS) is 16.9. The topological polar surface area (TPSA) is 30.3 Å². The molecule has 1 saturated heterocycles. The number of benzene rings is 1. The van der Waals surface area contributed by atoms with E-state index < -0.39 is 0 Å². The lowest BCUT2D eigenvalue weighted by Gasteiger charge is -2.38. The molecule has 0 unspecified atom stereocenters. The van der Waals surface area contributed by atoms with Gasteiger partial charge in [-0.05, 0) is 41.9 Å². The number of nitrogens with zero attached hydrogens (tertiary/aromatic N) is 3. The lowest BCUT2D eigenvalue weighted by atomic mass is 10.1. The minimum absolute atomic E-state index is 0.602. The van der Waals surface area contributed by atoms with Crippen molar-refractivity contribution >= 4 is 21.6 Å². The summed E-state index contributed by atoms with van der Waals surface area (Å²) in [7, 11) is 0. The number of hydrogen-bond acceptors (Lipinski definition) is 3. The van der Waals surface area contributed by atoms with Crippen LogP contribution in [-0.4, -0.2) is 37.1 Å². The molecule has 0 saturated carbocycles. The molecule has 0 amide bonds. The van der Waals surface area contributed by atoms with Gasteiger partial charge >= 0.3 is 0 Å². The highest BCUT2D eigenvalue weighted by atomic mass is 79.9. The fourth-order valence-electron chi connectivity index (χ4n) is 2.37. The minimum atomic E-state index is 0.602. The molecule has 3 nitrogen and oxygen atoms in total. The lowest BCUT2D eigenvalue weighted by molar-refractivity contribution is 0.209. The molecule has 1 heterocycles. The van der Waals surface area contributed by atoms with Gasteiger partial charge in [0.05, 0.1) is 11.3 Å². The van der Waals surface area contributed by atoms with Gasteiger partial charge in [-0.1, -0.05) is 6.07 Å². The molecule has 0 aliphatic carbocycles. The predicted molar refractivity (Wildman–Crippen MR) is 77.8 cm³/mol. The van der Waals surface area contributed by atoms with Gasteiger partial charge in [0, 0.05) is 36.7 Å². The maximum Gasteiger partial charge on any atom is 0.103 e. The summed E-state index contributed by atoms with van der Waals surface area (Å²) >= 11 is 3.45. The maximum atomic E-state index is 9.25. The molecule has 0 aromatic heterocycles. The third-order valence-corrected chi connectivity index (χ3v) is 4.15. The van der Waals surface area contributed by atoms with Crippen LogP contribution in [0.1, 0.15) is 19.4 Å². The molecular formula is C14H18BrN3. The second-order valence-electron chi connectivity index (χ2n) is 4.86. The van der Waals surface area contributed by atoms with E-state index in [1.807, 2.05) is 18.2 Å². The number of piperazine rings is 1. The summed E-state index contributed by atoms with van der Waals surface area (Å²) < 4.78 is 0.883. The lowest BCUT2D eigenvalue weighted by Crippen LogP contribution is -2.49. The Hall–Kier alpha value is -1.05. The molecule has 1 aromatic carbocycles. The SMILES string of the molecule is CC(C)N1CCN(c2cccc(Br)c2C#N)CC1. The molecule has 1 aromatic rings. The van der Waals surface area contributed by atoms with E-state index in [0.717, 1.165) is 41.9 Å². The Labute approximate surface area is 117 Å². The zero-order valence-corrected chi connectivity index (χ0v) is 12.4. The van der Waals surface area contributed by atoms with Gasteiger partial charge in [-0.2, -0.15) is 5.26 Å². The van der Waals surface area contributed by atoms with Gasteiger partial charge in [-0.3, -0.25) is 4.90 Å². The molecule has 0 N–H and O–H groups in total. The number of hydrogen-bond donors (Lipinski definition) is 0. The van der Waals surface area contributed by atoms with Crippen molar-refractivity contribution in [3.63, 3.8) is 0 Å². The van der Waals surface area contributed by atoms with E-state index in [1.165, 1.54) is 0 Å². The first-order chi connectivity index (χ1) is 8.63. The van der Waals surface area contributed by atoms with Gasteiger partial charge < -0.3 is 4.90 Å². The van der Waals surface area contributed by atoms with Crippen molar-refractivity contribution in [2.75, 3.05) is 31.1 Å². The van der Waals surface area contributed by atoms with Gasteiger partial charge in [-0.25, -0.2) is 0 Å². The van der Waals surface area contributed by atoms with Crippen molar-refractivity contribution in [2.45, 2.75) is 19.9 Å². The fraction of sp³-hybridized carbons (Fsp3) is 0.500. The van der Waals surface area contributed by atoms with Crippen LogP contribution in [0.2, 0.25) is 0 Å². The van der Waals surface area contributed by atoms with Crippen molar-refractivity contribution in [1.29, 1.82) is 5.26 Å². The molecule has 96 valence electrons. The van der Waals surface area contributed by atoms with Crippen LogP contribution in [0.25, 0.3) is 0 Å². The molecule has 2 rings (SSSR count). The highest BCUT2D eigenvalue weighted by molar-refractivity contribution is 9.10. The average molecular weight is 308 g/mol. The molecule has 4 heteroatoms. The van der Waals surface area contributed by atoms with Crippen LogP contribution in [-0.2, 0) is 0 Å². The van der Waals surface area contributed by atoms with Crippen LogP contribution in [0.4, 0.5) is 5.69 Å². The second kappa shape index (κ2) is 5.73. The molecule has 1 aliphatic rings. The fourth-order valence-corrected chi connectivity index (χ4v) is 2.81. The summed E-state index contributed by atoms with van der Waals surface area (Å²) in [6.07, 6.45) is 0. The second-order valence-corrected chi connectivity index (χ2v) is 5.72. The first-order valence-corrected chi connectivity index (χ1v) is 7.10. The first kappa shape index (κ1) is 13.4. The number of halogens is 1. The molecule has 0 bridgehead atoms. The van der Waals surface area contributed by atoms with E-state index >= 15 is 0 Å². The molecule has 1 aliphatic heterocycles. The van der Waals surface area contributed by atoms with E-state index in [1.54, 1.807) is 0 Å². The Balaban J connectivity index is 2.15. The van der Waals surface area contributed by atoms with Crippen molar-refractivity contribution < 1.29 is 0 Å². The van der Waals surface area contributed by atoms with Gasteiger partial charge in [0.1, 0.15) is 6.07 Å². The van der Waals surface area contributed by atoms with Crippen LogP contribution in [0.15, 0.2) is 22.7 Å². The highest BCUT2D eigenvalue weighted by Gasteiger charge is 2.21. The Morgan fingerprint density at radius 1 is 1.22 bits per heavy atom. The van der Waals surface area contributed by atoms with Crippen LogP contribution in [0.3, 0.4) is 0 Å². The zero-order chi connectivity index (χ0) is 13.1. The van der Waals surface area contributed by atoms with E-state index in [4.69, 9.17) is 0 Å². The van der Waals surface area contributed by atoms with E-state index in [-0.39, 0.29) is 0 Å². The Bertz CT molecular complexity index is 457. The molecule has 0 radical (unpaired) electrons. The van der Waals surface area contributed by atoms with Crippen molar-refractivity contribution in [3.8, 4) is 6.07 Å². The van der Waals surface area contributed by atoms with E-state index in [9.17, 15) is 5.26 Å². The Morgan fingerprint density at radius 2 is 1.89 bits per heavy atom. The van der Waals surface area contributed by atoms with Gasteiger partial charge in [0.2, 0.25) is 0 Å². The van der Waals surface area contributed by atoms with E-state index in [2.05, 4.69) is 45.6 Å². The third-order valence-electron chi connectivity index (χ3n) is 3.49. The summed E-state index contributed by atoms with van der Waals surface area (Å²) in [6.45, 7) is 8.57. The van der Waals surface area contributed by atoms with Crippen LogP contribution in [0.5, 0.6) is 0 Å². The quantitative estimate of drug-likeness (QED) is 0.841. The smallest absolute Gasteiger partial charge is 0.103 e. The molecule has 0 spiro atoms. The van der Waals surface area contributed by atoms with E-state index in [0.29, 0.717) is 6.04 Å². The standard InChI is InChI=1S/C14H18BrN3/c1-11(2)17-6-8-18(9-7-17)14-5-3-4-13(15)12(14)10-16/h3-5,11H,6-9H2,1-2H3. The van der Waals surface area contributed by atoms with Gasteiger partial charge in [0.25, 0.3) is 0 Å². The zero-order valence-electron chi connectivity index (χ0n) is 10.9. The van der Waals surface area contributed by atoms with Crippen LogP contribution >= 0.6 is 15.9 Å². The summed E-state index contributed by atoms with van der Waals surface area (Å²) in [5.74, 6) is 0. The maximum absolute atomic E-state index is 9.25. The summed E-state index contributed by atoms with van der Waals surface area (Å²) in [4.78, 5) is 4.78. The van der Waals surface area contributed by atoms with Crippen LogP contribution in [0, 0.1) is 11.3 Å². The van der Waals surface area contributed by atoms with Crippen molar-refractivity contribution in [1.82, 2.24) is 4.90 Å². The van der Waals surface area contributed by atoms with Crippen LogP contribution < -0.4 is 4.90 Å². The Morgan fingerprint density at radius 3 is 2.44 bits per heavy atom. The Kier molecular flexibility index (Phi) is 4.26. The first-order valence-electron chi connectivity index (χ1n) is 6.31. The summed E-state index contributed by atoms with van der Waals surface area (Å²) in [6, 6.07) is 8.85. The third kappa shape index (κ3) is 2.68. The molecule has 0 atom stereocenters. The molecule has 18 heavy (non-hydrogen) atoms. The van der Waals surface area contributed by atoms with Gasteiger partial charge in [0.15, 0.2) is 0 Å². The predicted octanol–water partition coefficient (Wildman–Crippen LogP) is 2.85. The van der Waals surface area contributed by atoms with Crippen molar-refractivity contribution in [2.24, 2.45) is 0 Å². The minimum Gasteiger partial charge on any atom is -0.368 e. The molecule has 1 fully saturated rings. The number of nitriles is 1. The van der Waals surface area contributed by atoms with Gasteiger partial charge in [-0.15, -0.1) is 0 Å². The van der Waals surface area contributed by atoms with Crippen molar-refractivity contribution in [3.05, 3.63) is 28.2 Å². The summed E-state index contributed by atoms with van der Waals surface area (Å²) in [5, 5.41) is 9.25. The summed E-state index contributed by atoms with van der Waals surface area (Å²) in [5.41, 5.74) is 1.80. The largest absolute Gasteiger partial charge is 0.368 e.